The molecule has 3 amide bonds. The third-order valence-electron chi connectivity index (χ3n) is 6.15. The Hall–Kier alpha value is -2.70. The summed E-state index contributed by atoms with van der Waals surface area (Å²) in [5.41, 5.74) is 0.250. The van der Waals surface area contributed by atoms with Gasteiger partial charge < -0.3 is 25.4 Å². The molecule has 8 nitrogen and oxygen atoms in total. The van der Waals surface area contributed by atoms with Crippen molar-refractivity contribution in [1.29, 1.82) is 0 Å². The maximum atomic E-state index is 14.0. The molecule has 1 aromatic carbocycles. The summed E-state index contributed by atoms with van der Waals surface area (Å²) in [6.45, 7) is 4.76. The van der Waals surface area contributed by atoms with Gasteiger partial charge in [-0.25, -0.2) is 4.79 Å². The van der Waals surface area contributed by atoms with E-state index in [1.807, 2.05) is 6.26 Å². The monoisotopic (exact) mass is 531 g/mol. The Kier molecular flexibility index (Phi) is 12.3. The van der Waals surface area contributed by atoms with E-state index in [4.69, 9.17) is 11.2 Å². The Labute approximate surface area is 225 Å². The van der Waals surface area contributed by atoms with E-state index in [1.54, 1.807) is 45.0 Å². The number of nitrogens with zero attached hydrogens (tertiary/aromatic N) is 1. The smallest absolute Gasteiger partial charge is 0.408 e. The highest BCUT2D eigenvalue weighted by Crippen LogP contribution is 2.27. The minimum Gasteiger partial charge on any atom is -0.444 e. The first-order chi connectivity index (χ1) is 17.6. The van der Waals surface area contributed by atoms with E-state index in [1.165, 1.54) is 16.7 Å². The van der Waals surface area contributed by atoms with Gasteiger partial charge in [-0.2, -0.15) is 11.8 Å². The fraction of sp³-hybridized carbons (Fsp3) is 0.607. The maximum absolute atomic E-state index is 14.0. The summed E-state index contributed by atoms with van der Waals surface area (Å²) in [6.07, 6.45) is 12.2. The molecule has 1 aliphatic carbocycles. The quantitative estimate of drug-likeness (QED) is 0.377. The Bertz CT molecular complexity index is 950. The van der Waals surface area contributed by atoms with Gasteiger partial charge in [0, 0.05) is 18.2 Å². The molecule has 9 heteroatoms. The number of thioether (sulfide) groups is 1. The molecule has 0 aliphatic heterocycles. The first kappa shape index (κ1) is 30.5. The number of aliphatic hydroxyl groups is 1. The molecule has 2 unspecified atom stereocenters. The molecule has 204 valence electrons. The van der Waals surface area contributed by atoms with E-state index in [-0.39, 0.29) is 25.1 Å². The van der Waals surface area contributed by atoms with Crippen LogP contribution in [0.1, 0.15) is 76.5 Å². The first-order valence-electron chi connectivity index (χ1n) is 12.9. The average molecular weight is 532 g/mol. The average Bonchev–Trinajstić information content (AvgIpc) is 2.85. The van der Waals surface area contributed by atoms with Crippen LogP contribution in [0, 0.1) is 12.3 Å². The molecule has 2 rings (SSSR count). The summed E-state index contributed by atoms with van der Waals surface area (Å²) in [7, 11) is 0. The zero-order valence-electron chi connectivity index (χ0n) is 22.4. The van der Waals surface area contributed by atoms with Crippen molar-refractivity contribution in [2.45, 2.75) is 83.0 Å². The Balaban J connectivity index is 2.46. The largest absolute Gasteiger partial charge is 0.444 e. The molecule has 1 fully saturated rings. The second kappa shape index (κ2) is 14.9. The van der Waals surface area contributed by atoms with Gasteiger partial charge in [0.15, 0.2) is 0 Å². The molecule has 0 saturated heterocycles. The zero-order valence-corrected chi connectivity index (χ0v) is 23.2. The van der Waals surface area contributed by atoms with Crippen LogP contribution in [0.25, 0.3) is 0 Å². The van der Waals surface area contributed by atoms with Crippen molar-refractivity contribution in [2.24, 2.45) is 0 Å². The minimum atomic E-state index is -1.06. The van der Waals surface area contributed by atoms with Crippen molar-refractivity contribution in [3.8, 4) is 12.3 Å². The second-order valence-corrected chi connectivity index (χ2v) is 11.2. The molecule has 1 aliphatic rings. The zero-order chi connectivity index (χ0) is 27.4. The van der Waals surface area contributed by atoms with Gasteiger partial charge >= 0.3 is 6.09 Å². The summed E-state index contributed by atoms with van der Waals surface area (Å²) in [5.74, 6) is 2.38. The van der Waals surface area contributed by atoms with Gasteiger partial charge in [0.05, 0.1) is 6.61 Å². The topological polar surface area (TPSA) is 108 Å². The number of rotatable bonds is 11. The summed E-state index contributed by atoms with van der Waals surface area (Å²) >= 11 is 1.54. The van der Waals surface area contributed by atoms with Crippen LogP contribution >= 0.6 is 11.8 Å². The van der Waals surface area contributed by atoms with Crippen LogP contribution in [-0.2, 0) is 14.3 Å². The van der Waals surface area contributed by atoms with E-state index < -0.39 is 29.7 Å². The Morgan fingerprint density at radius 3 is 2.49 bits per heavy atom. The lowest BCUT2D eigenvalue weighted by molar-refractivity contribution is -0.143. The molecule has 1 aromatic rings. The number of ether oxygens (including phenoxy) is 1. The Morgan fingerprint density at radius 2 is 1.89 bits per heavy atom. The molecule has 0 radical (unpaired) electrons. The Morgan fingerprint density at radius 1 is 1.22 bits per heavy atom. The molecule has 2 atom stereocenters. The summed E-state index contributed by atoms with van der Waals surface area (Å²) in [6, 6.07) is 5.00. The predicted octanol–water partition coefficient (Wildman–Crippen LogP) is 3.63. The molecule has 37 heavy (non-hydrogen) atoms. The SMILES string of the molecule is C#Cc1ccccc1C(C(=O)NC1CCCCC1)N(CCO)C(=O)C(CCSC)NC(=O)OC(C)(C)C. The van der Waals surface area contributed by atoms with Crippen LogP contribution in [0.5, 0.6) is 0 Å². The predicted molar refractivity (Wildman–Crippen MR) is 147 cm³/mol. The van der Waals surface area contributed by atoms with Gasteiger partial charge in [0.2, 0.25) is 11.8 Å². The van der Waals surface area contributed by atoms with Gasteiger partial charge in [0.1, 0.15) is 17.7 Å². The number of terminal acetylenes is 1. The van der Waals surface area contributed by atoms with E-state index >= 15 is 0 Å². The highest BCUT2D eigenvalue weighted by Gasteiger charge is 2.37. The summed E-state index contributed by atoms with van der Waals surface area (Å²) in [5, 5.41) is 15.7. The number of amides is 3. The van der Waals surface area contributed by atoms with Crippen LogP contribution in [0.15, 0.2) is 24.3 Å². The van der Waals surface area contributed by atoms with Crippen LogP contribution in [0.3, 0.4) is 0 Å². The summed E-state index contributed by atoms with van der Waals surface area (Å²) in [4.78, 5) is 41.6. The van der Waals surface area contributed by atoms with Crippen LogP contribution in [-0.4, -0.2) is 70.8 Å². The van der Waals surface area contributed by atoms with E-state index in [2.05, 4.69) is 16.6 Å². The van der Waals surface area contributed by atoms with Gasteiger partial charge in [-0.05, 0) is 63.7 Å². The molecular weight excluding hydrogens is 490 g/mol. The number of hydrogen-bond donors (Lipinski definition) is 3. The highest BCUT2D eigenvalue weighted by molar-refractivity contribution is 7.98. The minimum absolute atomic E-state index is 0.0139. The van der Waals surface area contributed by atoms with Crippen molar-refractivity contribution in [3.63, 3.8) is 0 Å². The lowest BCUT2D eigenvalue weighted by Crippen LogP contribution is -2.54. The molecule has 0 spiro atoms. The van der Waals surface area contributed by atoms with Crippen molar-refractivity contribution in [3.05, 3.63) is 35.4 Å². The molecule has 3 N–H and O–H groups in total. The fourth-order valence-electron chi connectivity index (χ4n) is 4.46. The molecule has 1 saturated carbocycles. The van der Waals surface area contributed by atoms with Crippen molar-refractivity contribution in [2.75, 3.05) is 25.2 Å². The number of alkyl carbamates (subject to hydrolysis) is 1. The number of hydrogen-bond acceptors (Lipinski definition) is 6. The van der Waals surface area contributed by atoms with E-state index in [9.17, 15) is 19.5 Å². The maximum Gasteiger partial charge on any atom is 0.408 e. The highest BCUT2D eigenvalue weighted by atomic mass is 32.2. The fourth-order valence-corrected chi connectivity index (χ4v) is 4.93. The normalized spacial score (nSPS) is 15.7. The van der Waals surface area contributed by atoms with E-state index in [0.717, 1.165) is 32.1 Å². The third-order valence-corrected chi connectivity index (χ3v) is 6.79. The van der Waals surface area contributed by atoms with Gasteiger partial charge in [-0.3, -0.25) is 9.59 Å². The van der Waals surface area contributed by atoms with Gasteiger partial charge in [0.25, 0.3) is 0 Å². The van der Waals surface area contributed by atoms with Crippen LogP contribution in [0.4, 0.5) is 4.79 Å². The first-order valence-corrected chi connectivity index (χ1v) is 14.3. The third kappa shape index (κ3) is 9.60. The number of nitrogens with one attached hydrogen (secondary N) is 2. The molecule has 0 aromatic heterocycles. The standard InChI is InChI=1S/C28H41N3O5S/c1-6-20-12-10-11-15-22(20)24(25(33)29-21-13-8-7-9-14-21)31(17-18-32)26(34)23(16-19-37-5)30-27(35)36-28(2,3)4/h1,10-12,15,21,23-24,32H,7-9,13-14,16-19H2,2-5H3,(H,29,33)(H,30,35). The summed E-state index contributed by atoms with van der Waals surface area (Å²) < 4.78 is 5.38. The number of carbonyl (C=O) groups is 3. The lowest BCUT2D eigenvalue weighted by Gasteiger charge is -2.35. The van der Waals surface area contributed by atoms with Gasteiger partial charge in [-0.1, -0.05) is 43.4 Å². The molecule has 0 heterocycles. The lowest BCUT2D eigenvalue weighted by atomic mass is 9.93. The van der Waals surface area contributed by atoms with Crippen molar-refractivity contribution < 1.29 is 24.2 Å². The van der Waals surface area contributed by atoms with Crippen molar-refractivity contribution >= 4 is 29.7 Å². The molecule has 0 bridgehead atoms. The second-order valence-electron chi connectivity index (χ2n) is 10.2. The number of carbonyl (C=O) groups excluding carboxylic acids is 3. The van der Waals surface area contributed by atoms with Crippen molar-refractivity contribution in [1.82, 2.24) is 15.5 Å². The van der Waals surface area contributed by atoms with Gasteiger partial charge in [-0.15, -0.1) is 6.42 Å². The number of aliphatic hydroxyl groups excluding tert-OH is 1. The van der Waals surface area contributed by atoms with Crippen LogP contribution < -0.4 is 10.6 Å². The van der Waals surface area contributed by atoms with E-state index in [0.29, 0.717) is 23.3 Å². The number of benzene rings is 1. The molecular formula is C28H41N3O5S. The van der Waals surface area contributed by atoms with Crippen LogP contribution in [0.2, 0.25) is 0 Å².